The number of pyridine rings is 1. The predicted octanol–water partition coefficient (Wildman–Crippen LogP) is 2.57. The Morgan fingerprint density at radius 3 is 2.91 bits per heavy atom. The topological polar surface area (TPSA) is 81.4 Å². The third-order valence-corrected chi connectivity index (χ3v) is 5.13. The van der Waals surface area contributed by atoms with E-state index >= 15 is 0 Å². The van der Waals surface area contributed by atoms with Crippen molar-refractivity contribution in [3.05, 3.63) is 37.9 Å². The summed E-state index contributed by atoms with van der Waals surface area (Å²) in [6, 6.07) is 1.50. The summed E-state index contributed by atoms with van der Waals surface area (Å²) in [6.45, 7) is 4.62. The molecule has 6 nitrogen and oxygen atoms in total. The molecule has 1 aliphatic rings. The van der Waals surface area contributed by atoms with Crippen LogP contribution in [0.2, 0.25) is 0 Å². The van der Waals surface area contributed by atoms with Crippen LogP contribution in [-0.4, -0.2) is 27.7 Å². The van der Waals surface area contributed by atoms with Gasteiger partial charge in [0, 0.05) is 36.7 Å². The van der Waals surface area contributed by atoms with E-state index in [0.717, 1.165) is 22.0 Å². The third kappa shape index (κ3) is 2.70. The van der Waals surface area contributed by atoms with Gasteiger partial charge in [-0.25, -0.2) is 9.78 Å². The van der Waals surface area contributed by atoms with Crippen molar-refractivity contribution < 1.29 is 14.6 Å². The molecule has 2 aromatic rings. The molecule has 0 bridgehead atoms. The summed E-state index contributed by atoms with van der Waals surface area (Å²) < 4.78 is 7.04. The maximum Gasteiger partial charge on any atom is 0.341 e. The highest BCUT2D eigenvalue weighted by molar-refractivity contribution is 7.12. The van der Waals surface area contributed by atoms with E-state index in [1.165, 1.54) is 12.3 Å². The first-order valence-electron chi connectivity index (χ1n) is 7.39. The molecule has 1 atom stereocenters. The third-order valence-electron chi connectivity index (χ3n) is 4.08. The Hall–Kier alpha value is -1.99. The van der Waals surface area contributed by atoms with Crippen LogP contribution in [0, 0.1) is 5.92 Å². The molecule has 2 aromatic heterocycles. The Morgan fingerprint density at radius 1 is 1.57 bits per heavy atom. The first-order valence-corrected chi connectivity index (χ1v) is 8.21. The number of hydrogen-bond acceptors (Lipinski definition) is 5. The lowest BCUT2D eigenvalue weighted by atomic mass is 9.94. The maximum atomic E-state index is 12.1. The minimum atomic E-state index is -1.20. The van der Waals surface area contributed by atoms with Crippen LogP contribution in [0.4, 0.5) is 0 Å². The minimum Gasteiger partial charge on any atom is -0.477 e. The standard InChI is InChI=1S/C16H18N2O4S/c1-8(2)10-5-13-15(17-14(23-13)7-22-3)11-4-12(19)9(16(20)21)6-18(10)11/h4,6,8,10H,5,7H2,1-3H3,(H,20,21). The van der Waals surface area contributed by atoms with Gasteiger partial charge in [-0.2, -0.15) is 0 Å². The molecule has 0 aliphatic carbocycles. The summed E-state index contributed by atoms with van der Waals surface area (Å²) in [5.74, 6) is -0.893. The van der Waals surface area contributed by atoms with Crippen molar-refractivity contribution in [2.75, 3.05) is 7.11 Å². The van der Waals surface area contributed by atoms with E-state index in [-0.39, 0.29) is 11.6 Å². The summed E-state index contributed by atoms with van der Waals surface area (Å²) >= 11 is 1.59. The molecule has 1 N–H and O–H groups in total. The zero-order chi connectivity index (χ0) is 16.7. The molecule has 0 saturated carbocycles. The quantitative estimate of drug-likeness (QED) is 0.929. The van der Waals surface area contributed by atoms with Crippen LogP contribution < -0.4 is 5.43 Å². The van der Waals surface area contributed by atoms with Crippen LogP contribution in [0.1, 0.15) is 40.1 Å². The highest BCUT2D eigenvalue weighted by atomic mass is 32.1. The highest BCUT2D eigenvalue weighted by Gasteiger charge is 2.30. The zero-order valence-electron chi connectivity index (χ0n) is 13.2. The van der Waals surface area contributed by atoms with Gasteiger partial charge in [0.05, 0.1) is 12.3 Å². The second-order valence-electron chi connectivity index (χ2n) is 5.98. The Bertz CT molecular complexity index is 822. The number of rotatable bonds is 4. The molecule has 3 rings (SSSR count). The number of aromatic carboxylic acids is 1. The van der Waals surface area contributed by atoms with Crippen LogP contribution >= 0.6 is 11.3 Å². The lowest BCUT2D eigenvalue weighted by Crippen LogP contribution is -2.27. The number of thiazole rings is 1. The molecule has 23 heavy (non-hydrogen) atoms. The Labute approximate surface area is 137 Å². The normalized spacial score (nSPS) is 16.3. The van der Waals surface area contributed by atoms with E-state index in [0.29, 0.717) is 18.2 Å². The van der Waals surface area contributed by atoms with E-state index in [2.05, 4.69) is 18.8 Å². The fraction of sp³-hybridized carbons (Fsp3) is 0.438. The van der Waals surface area contributed by atoms with Crippen LogP contribution in [-0.2, 0) is 17.8 Å². The molecular formula is C16H18N2O4S. The average molecular weight is 334 g/mol. The Kier molecular flexibility index (Phi) is 4.08. The second kappa shape index (κ2) is 5.90. The van der Waals surface area contributed by atoms with Crippen molar-refractivity contribution in [2.24, 2.45) is 5.92 Å². The van der Waals surface area contributed by atoms with Crippen molar-refractivity contribution in [2.45, 2.75) is 32.9 Å². The monoisotopic (exact) mass is 334 g/mol. The van der Waals surface area contributed by atoms with Crippen LogP contribution in [0.3, 0.4) is 0 Å². The molecule has 0 aromatic carbocycles. The predicted molar refractivity (Wildman–Crippen MR) is 87.1 cm³/mol. The molecule has 3 heterocycles. The van der Waals surface area contributed by atoms with Gasteiger partial charge in [-0.05, 0) is 5.92 Å². The molecule has 0 amide bonds. The lowest BCUT2D eigenvalue weighted by molar-refractivity contribution is 0.0694. The number of carboxylic acid groups (broad SMARTS) is 1. The molecule has 0 fully saturated rings. The van der Waals surface area contributed by atoms with Crippen molar-refractivity contribution in [1.82, 2.24) is 9.55 Å². The van der Waals surface area contributed by atoms with E-state index in [9.17, 15) is 14.7 Å². The maximum absolute atomic E-state index is 12.1. The summed E-state index contributed by atoms with van der Waals surface area (Å²) in [5.41, 5.74) is 0.780. The van der Waals surface area contributed by atoms with Gasteiger partial charge in [0.2, 0.25) is 0 Å². The summed E-state index contributed by atoms with van der Waals surface area (Å²) in [4.78, 5) is 29.1. The minimum absolute atomic E-state index is 0.104. The van der Waals surface area contributed by atoms with E-state index < -0.39 is 11.4 Å². The van der Waals surface area contributed by atoms with Crippen molar-refractivity contribution in [1.29, 1.82) is 0 Å². The number of methoxy groups -OCH3 is 1. The van der Waals surface area contributed by atoms with Gasteiger partial charge in [-0.15, -0.1) is 11.3 Å². The Balaban J connectivity index is 2.22. The average Bonchev–Trinajstić information content (AvgIpc) is 2.88. The van der Waals surface area contributed by atoms with E-state index in [1.54, 1.807) is 18.4 Å². The van der Waals surface area contributed by atoms with Crippen molar-refractivity contribution in [3.8, 4) is 11.4 Å². The fourth-order valence-electron chi connectivity index (χ4n) is 2.94. The van der Waals surface area contributed by atoms with Gasteiger partial charge < -0.3 is 14.4 Å². The smallest absolute Gasteiger partial charge is 0.341 e. The van der Waals surface area contributed by atoms with E-state index in [1.807, 2.05) is 4.57 Å². The van der Waals surface area contributed by atoms with Gasteiger partial charge in [-0.3, -0.25) is 4.79 Å². The first-order chi connectivity index (χ1) is 10.9. The molecular weight excluding hydrogens is 316 g/mol. The van der Waals surface area contributed by atoms with Gasteiger partial charge in [0.25, 0.3) is 0 Å². The first kappa shape index (κ1) is 15.9. The number of ether oxygens (including phenoxy) is 1. The number of hydrogen-bond donors (Lipinski definition) is 1. The van der Waals surface area contributed by atoms with Gasteiger partial charge in [-0.1, -0.05) is 13.8 Å². The molecule has 1 unspecified atom stereocenters. The summed E-state index contributed by atoms with van der Waals surface area (Å²) in [5, 5.41) is 10.1. The second-order valence-corrected chi connectivity index (χ2v) is 7.15. The number of carboxylic acids is 1. The largest absolute Gasteiger partial charge is 0.477 e. The Morgan fingerprint density at radius 2 is 2.30 bits per heavy atom. The van der Waals surface area contributed by atoms with Gasteiger partial charge in [0.1, 0.15) is 16.3 Å². The van der Waals surface area contributed by atoms with Crippen molar-refractivity contribution >= 4 is 17.3 Å². The molecule has 0 saturated heterocycles. The number of aromatic nitrogens is 2. The van der Waals surface area contributed by atoms with Gasteiger partial charge in [0.15, 0.2) is 5.43 Å². The molecule has 7 heteroatoms. The SMILES string of the molecule is COCc1nc2c(s1)CC(C(C)C)n1cc(C(=O)O)c(=O)cc1-2. The number of carbonyl (C=O) groups is 1. The van der Waals surface area contributed by atoms with Gasteiger partial charge >= 0.3 is 5.97 Å². The molecule has 0 spiro atoms. The van der Waals surface area contributed by atoms with E-state index in [4.69, 9.17) is 4.74 Å². The summed E-state index contributed by atoms with van der Waals surface area (Å²) in [7, 11) is 1.62. The lowest BCUT2D eigenvalue weighted by Gasteiger charge is -2.30. The van der Waals surface area contributed by atoms with Crippen LogP contribution in [0.25, 0.3) is 11.4 Å². The fourth-order valence-corrected chi connectivity index (χ4v) is 4.04. The van der Waals surface area contributed by atoms with Crippen LogP contribution in [0.5, 0.6) is 0 Å². The number of fused-ring (bicyclic) bond motifs is 3. The zero-order valence-corrected chi connectivity index (χ0v) is 14.0. The summed E-state index contributed by atoms with van der Waals surface area (Å²) in [6.07, 6.45) is 2.24. The highest BCUT2D eigenvalue weighted by Crippen LogP contribution is 2.39. The number of nitrogens with zero attached hydrogens (tertiary/aromatic N) is 2. The van der Waals surface area contributed by atoms with Crippen LogP contribution in [0.15, 0.2) is 17.1 Å². The molecule has 1 aliphatic heterocycles. The molecule has 0 radical (unpaired) electrons. The van der Waals surface area contributed by atoms with Crippen molar-refractivity contribution in [3.63, 3.8) is 0 Å². The molecule has 122 valence electrons.